The molecule has 1 unspecified atom stereocenters. The number of ether oxygens (including phenoxy) is 1. The van der Waals surface area contributed by atoms with Crippen LogP contribution in [-0.4, -0.2) is 40.6 Å². The van der Waals surface area contributed by atoms with E-state index in [4.69, 9.17) is 20.1 Å². The molecule has 0 amide bonds. The molecular formula is C10H11FO5. The highest BCUT2D eigenvalue weighted by Crippen LogP contribution is 2.16. The van der Waals surface area contributed by atoms with Crippen LogP contribution in [0.2, 0.25) is 0 Å². The van der Waals surface area contributed by atoms with Crippen molar-refractivity contribution in [3.05, 3.63) is 29.6 Å². The van der Waals surface area contributed by atoms with E-state index in [9.17, 15) is 9.18 Å². The second kappa shape index (κ2) is 5.43. The lowest BCUT2D eigenvalue weighted by Crippen LogP contribution is -2.21. The van der Waals surface area contributed by atoms with Crippen molar-refractivity contribution in [2.75, 3.05) is 13.2 Å². The van der Waals surface area contributed by atoms with E-state index in [1.807, 2.05) is 0 Å². The first kappa shape index (κ1) is 12.4. The van der Waals surface area contributed by atoms with Gasteiger partial charge in [0.2, 0.25) is 0 Å². The topological polar surface area (TPSA) is 87.0 Å². The number of aliphatic hydroxyl groups excluding tert-OH is 2. The summed E-state index contributed by atoms with van der Waals surface area (Å²) in [7, 11) is 0. The largest absolute Gasteiger partial charge is 0.491 e. The summed E-state index contributed by atoms with van der Waals surface area (Å²) in [5, 5.41) is 26.0. The molecule has 1 rings (SSSR count). The van der Waals surface area contributed by atoms with Crippen molar-refractivity contribution in [1.82, 2.24) is 0 Å². The van der Waals surface area contributed by atoms with Crippen molar-refractivity contribution in [1.29, 1.82) is 0 Å². The lowest BCUT2D eigenvalue weighted by Gasteiger charge is -2.10. The van der Waals surface area contributed by atoms with Gasteiger partial charge in [0.1, 0.15) is 24.3 Å². The number of halogens is 1. The van der Waals surface area contributed by atoms with Crippen LogP contribution < -0.4 is 4.74 Å². The van der Waals surface area contributed by atoms with E-state index < -0.39 is 30.1 Å². The third-order valence-electron chi connectivity index (χ3n) is 1.82. The van der Waals surface area contributed by atoms with Gasteiger partial charge in [0, 0.05) is 6.07 Å². The van der Waals surface area contributed by atoms with Crippen molar-refractivity contribution in [2.45, 2.75) is 6.10 Å². The van der Waals surface area contributed by atoms with Crippen LogP contribution in [0.4, 0.5) is 4.39 Å². The molecule has 1 atom stereocenters. The molecule has 88 valence electrons. The Hall–Kier alpha value is -1.66. The zero-order valence-corrected chi connectivity index (χ0v) is 8.26. The fourth-order valence-corrected chi connectivity index (χ4v) is 1.00. The van der Waals surface area contributed by atoms with Gasteiger partial charge in [0.25, 0.3) is 0 Å². The molecule has 16 heavy (non-hydrogen) atoms. The summed E-state index contributed by atoms with van der Waals surface area (Å²) < 4.78 is 18.1. The summed E-state index contributed by atoms with van der Waals surface area (Å²) in [6.45, 7) is -0.655. The Morgan fingerprint density at radius 2 is 2.19 bits per heavy atom. The van der Waals surface area contributed by atoms with Gasteiger partial charge < -0.3 is 20.1 Å². The van der Waals surface area contributed by atoms with Crippen LogP contribution >= 0.6 is 0 Å². The molecule has 0 aliphatic carbocycles. The highest BCUT2D eigenvalue weighted by Gasteiger charge is 2.11. The van der Waals surface area contributed by atoms with Crippen LogP contribution in [0.1, 0.15) is 10.4 Å². The molecule has 1 aromatic rings. The number of carboxylic acid groups (broad SMARTS) is 1. The Morgan fingerprint density at radius 1 is 1.50 bits per heavy atom. The van der Waals surface area contributed by atoms with E-state index in [1.165, 1.54) is 6.07 Å². The summed E-state index contributed by atoms with van der Waals surface area (Å²) >= 11 is 0. The summed E-state index contributed by atoms with van der Waals surface area (Å²) in [5.74, 6) is -2.18. The molecule has 0 heterocycles. The zero-order chi connectivity index (χ0) is 12.1. The minimum Gasteiger partial charge on any atom is -0.491 e. The maximum absolute atomic E-state index is 13.1. The molecular weight excluding hydrogens is 219 g/mol. The number of aliphatic hydroxyl groups is 2. The molecule has 3 N–H and O–H groups in total. The number of aromatic carboxylic acids is 1. The fraction of sp³-hybridized carbons (Fsp3) is 0.300. The summed E-state index contributed by atoms with van der Waals surface area (Å²) in [6.07, 6.45) is -1.05. The smallest absolute Gasteiger partial charge is 0.338 e. The molecule has 0 radical (unpaired) electrons. The van der Waals surface area contributed by atoms with Crippen LogP contribution in [-0.2, 0) is 0 Å². The number of hydrogen-bond donors (Lipinski definition) is 3. The third kappa shape index (κ3) is 3.18. The van der Waals surface area contributed by atoms with Gasteiger partial charge >= 0.3 is 5.97 Å². The fourth-order valence-electron chi connectivity index (χ4n) is 1.00. The lowest BCUT2D eigenvalue weighted by molar-refractivity contribution is 0.0534. The SMILES string of the molecule is O=C(O)c1ccc(OCC(O)CO)cc1F. The number of benzene rings is 1. The van der Waals surface area contributed by atoms with Crippen LogP contribution in [0.25, 0.3) is 0 Å². The normalized spacial score (nSPS) is 12.2. The number of hydrogen-bond acceptors (Lipinski definition) is 4. The van der Waals surface area contributed by atoms with Gasteiger partial charge in [-0.15, -0.1) is 0 Å². The highest BCUT2D eigenvalue weighted by atomic mass is 19.1. The Morgan fingerprint density at radius 3 is 2.69 bits per heavy atom. The van der Waals surface area contributed by atoms with Crippen molar-refractivity contribution in [3.8, 4) is 5.75 Å². The standard InChI is InChI=1S/C10H11FO5/c11-9-3-7(16-5-6(13)4-12)1-2-8(9)10(14)15/h1-3,6,12-13H,4-5H2,(H,14,15). The minimum atomic E-state index is -1.36. The van der Waals surface area contributed by atoms with Crippen molar-refractivity contribution < 1.29 is 29.2 Å². The zero-order valence-electron chi connectivity index (χ0n) is 8.26. The molecule has 0 bridgehead atoms. The molecule has 6 heteroatoms. The minimum absolute atomic E-state index is 0.0926. The molecule has 0 aliphatic heterocycles. The predicted octanol–water partition coefficient (Wildman–Crippen LogP) is 0.256. The van der Waals surface area contributed by atoms with Crippen LogP contribution in [0.3, 0.4) is 0 Å². The number of rotatable bonds is 5. The van der Waals surface area contributed by atoms with Crippen molar-refractivity contribution in [2.24, 2.45) is 0 Å². The first-order valence-electron chi connectivity index (χ1n) is 4.49. The van der Waals surface area contributed by atoms with E-state index in [2.05, 4.69) is 0 Å². The number of carboxylic acids is 1. The van der Waals surface area contributed by atoms with E-state index in [1.54, 1.807) is 0 Å². The first-order valence-corrected chi connectivity index (χ1v) is 4.49. The van der Waals surface area contributed by atoms with Gasteiger partial charge in [0.05, 0.1) is 12.2 Å². The average Bonchev–Trinajstić information content (AvgIpc) is 2.25. The van der Waals surface area contributed by atoms with E-state index in [0.717, 1.165) is 12.1 Å². The average molecular weight is 230 g/mol. The quantitative estimate of drug-likeness (QED) is 0.675. The molecule has 0 spiro atoms. The van der Waals surface area contributed by atoms with Crippen molar-refractivity contribution >= 4 is 5.97 Å². The van der Waals surface area contributed by atoms with Crippen LogP contribution in [0.15, 0.2) is 18.2 Å². The summed E-state index contributed by atoms with van der Waals surface area (Å²) in [5.41, 5.74) is -0.449. The van der Waals surface area contributed by atoms with Crippen LogP contribution in [0, 0.1) is 5.82 Å². The second-order valence-electron chi connectivity index (χ2n) is 3.09. The molecule has 0 saturated carbocycles. The van der Waals surface area contributed by atoms with Gasteiger partial charge in [-0.05, 0) is 12.1 Å². The molecule has 0 aromatic heterocycles. The second-order valence-corrected chi connectivity index (χ2v) is 3.09. The van der Waals surface area contributed by atoms with Gasteiger partial charge in [0.15, 0.2) is 0 Å². The molecule has 0 aliphatic rings. The highest BCUT2D eigenvalue weighted by molar-refractivity contribution is 5.88. The Balaban J connectivity index is 2.70. The Kier molecular flexibility index (Phi) is 4.21. The van der Waals surface area contributed by atoms with E-state index in [-0.39, 0.29) is 12.4 Å². The van der Waals surface area contributed by atoms with E-state index >= 15 is 0 Å². The van der Waals surface area contributed by atoms with Gasteiger partial charge in [-0.2, -0.15) is 0 Å². The monoisotopic (exact) mass is 230 g/mol. The summed E-state index contributed by atoms with van der Waals surface area (Å²) in [6, 6.07) is 3.25. The van der Waals surface area contributed by atoms with E-state index in [0.29, 0.717) is 0 Å². The number of carbonyl (C=O) groups is 1. The molecule has 1 aromatic carbocycles. The molecule has 5 nitrogen and oxygen atoms in total. The predicted molar refractivity (Wildman–Crippen MR) is 51.9 cm³/mol. The molecule has 0 fully saturated rings. The van der Waals surface area contributed by atoms with Gasteiger partial charge in [-0.3, -0.25) is 0 Å². The van der Waals surface area contributed by atoms with Gasteiger partial charge in [-0.1, -0.05) is 0 Å². The third-order valence-corrected chi connectivity index (χ3v) is 1.82. The van der Waals surface area contributed by atoms with Crippen LogP contribution in [0.5, 0.6) is 5.75 Å². The Bertz CT molecular complexity index is 379. The Labute approximate surface area is 90.7 Å². The maximum Gasteiger partial charge on any atom is 0.338 e. The summed E-state index contributed by atoms with van der Waals surface area (Å²) in [4.78, 5) is 10.5. The molecule has 0 saturated heterocycles. The first-order chi connectivity index (χ1) is 7.54. The maximum atomic E-state index is 13.1. The lowest BCUT2D eigenvalue weighted by atomic mass is 10.2. The van der Waals surface area contributed by atoms with Gasteiger partial charge in [-0.25, -0.2) is 9.18 Å². The van der Waals surface area contributed by atoms with Crippen molar-refractivity contribution in [3.63, 3.8) is 0 Å².